The highest BCUT2D eigenvalue weighted by atomic mass is 35.5. The van der Waals surface area contributed by atoms with Crippen LogP contribution in [-0.4, -0.2) is 19.6 Å². The number of aromatic nitrogens is 4. The largest absolute Gasteiger partial charge is 0.211 e. The Morgan fingerprint density at radius 3 is 2.04 bits per heavy atom. The van der Waals surface area contributed by atoms with Crippen LogP contribution in [-0.2, 0) is 0 Å². The molecule has 0 saturated carbocycles. The minimum atomic E-state index is -0.799. The normalized spacial score (nSPS) is 11.3. The first-order chi connectivity index (χ1) is 11.7. The van der Waals surface area contributed by atoms with Crippen molar-refractivity contribution in [2.45, 2.75) is 4.84 Å². The van der Waals surface area contributed by atoms with E-state index in [-0.39, 0.29) is 0 Å². The number of halogens is 2. The third-order valence-corrected chi connectivity index (χ3v) is 4.03. The van der Waals surface area contributed by atoms with Crippen LogP contribution in [0.5, 0.6) is 0 Å². The number of benzene rings is 2. The summed E-state index contributed by atoms with van der Waals surface area (Å²) in [7, 11) is 0. The van der Waals surface area contributed by atoms with Crippen molar-refractivity contribution in [2.75, 3.05) is 0 Å². The molecule has 2 heterocycles. The lowest BCUT2D eigenvalue weighted by atomic mass is 10.2. The number of rotatable bonds is 3. The average Bonchev–Trinajstić information content (AvgIpc) is 3.06. The van der Waals surface area contributed by atoms with Crippen molar-refractivity contribution in [1.82, 2.24) is 19.6 Å². The number of nitrogens with zero attached hydrogens (tertiary/aromatic N) is 4. The van der Waals surface area contributed by atoms with Crippen LogP contribution in [0.3, 0.4) is 0 Å². The van der Waals surface area contributed by atoms with Gasteiger partial charge in [0.15, 0.2) is 22.1 Å². The highest BCUT2D eigenvalue weighted by Crippen LogP contribution is 2.27. The lowest BCUT2D eigenvalue weighted by molar-refractivity contribution is 0.874. The van der Waals surface area contributed by atoms with E-state index in [0.717, 1.165) is 16.8 Å². The van der Waals surface area contributed by atoms with Gasteiger partial charge in [-0.25, -0.2) is 9.97 Å². The van der Waals surface area contributed by atoms with E-state index in [4.69, 9.17) is 23.2 Å². The quantitative estimate of drug-likeness (QED) is 0.489. The van der Waals surface area contributed by atoms with Crippen molar-refractivity contribution in [3.63, 3.8) is 0 Å². The van der Waals surface area contributed by atoms with Gasteiger partial charge in [0, 0.05) is 17.2 Å². The number of hydrogen-bond acceptors (Lipinski definition) is 3. The van der Waals surface area contributed by atoms with E-state index in [9.17, 15) is 0 Å². The monoisotopic (exact) mass is 354 g/mol. The zero-order valence-electron chi connectivity index (χ0n) is 12.5. The third-order valence-electron chi connectivity index (χ3n) is 3.64. The fourth-order valence-corrected chi connectivity index (χ4v) is 2.72. The minimum Gasteiger partial charge on any atom is -0.211 e. The second-order valence-corrected chi connectivity index (χ2v) is 6.33. The first-order valence-corrected chi connectivity index (χ1v) is 8.26. The van der Waals surface area contributed by atoms with Crippen LogP contribution >= 0.6 is 23.2 Å². The van der Waals surface area contributed by atoms with E-state index in [1.807, 2.05) is 66.7 Å². The van der Waals surface area contributed by atoms with E-state index in [0.29, 0.717) is 17.3 Å². The summed E-state index contributed by atoms with van der Waals surface area (Å²) in [4.78, 5) is 8.14. The summed E-state index contributed by atoms with van der Waals surface area (Å²) in [6.07, 6.45) is 0. The molecule has 2 aromatic carbocycles. The number of alkyl halides is 2. The van der Waals surface area contributed by atoms with Crippen molar-refractivity contribution in [2.24, 2.45) is 0 Å². The molecule has 0 unspecified atom stereocenters. The lowest BCUT2D eigenvalue weighted by Crippen LogP contribution is -2.04. The number of hydrogen-bond donors (Lipinski definition) is 0. The molecule has 2 aromatic heterocycles. The average molecular weight is 355 g/mol. The summed E-state index contributed by atoms with van der Waals surface area (Å²) in [6.45, 7) is 0. The minimum absolute atomic E-state index is 0.365. The molecule has 4 aromatic rings. The van der Waals surface area contributed by atoms with Crippen molar-refractivity contribution in [3.8, 4) is 22.6 Å². The van der Waals surface area contributed by atoms with Crippen molar-refractivity contribution < 1.29 is 0 Å². The van der Waals surface area contributed by atoms with Gasteiger partial charge in [0.25, 0.3) is 0 Å². The van der Waals surface area contributed by atoms with Crippen molar-refractivity contribution in [3.05, 3.63) is 72.6 Å². The maximum absolute atomic E-state index is 6.00. The fraction of sp³-hybridized carbons (Fsp3) is 0.0556. The van der Waals surface area contributed by atoms with Gasteiger partial charge < -0.3 is 0 Å². The Bertz CT molecular complexity index is 982. The van der Waals surface area contributed by atoms with Crippen LogP contribution in [0, 0.1) is 0 Å². The summed E-state index contributed by atoms with van der Waals surface area (Å²) in [5.41, 5.74) is 3.41. The molecule has 0 amide bonds. The molecule has 0 fully saturated rings. The summed E-state index contributed by atoms with van der Waals surface area (Å²) in [5.74, 6) is 1.02. The van der Waals surface area contributed by atoms with Gasteiger partial charge in [0.05, 0.1) is 5.69 Å². The summed E-state index contributed by atoms with van der Waals surface area (Å²) in [5, 5.41) is 4.67. The van der Waals surface area contributed by atoms with Crippen molar-refractivity contribution in [1.29, 1.82) is 0 Å². The van der Waals surface area contributed by atoms with Crippen LogP contribution in [0.15, 0.2) is 66.7 Å². The Kier molecular flexibility index (Phi) is 3.92. The van der Waals surface area contributed by atoms with Crippen LogP contribution in [0.1, 0.15) is 10.7 Å². The smallest absolute Gasteiger partial charge is 0.167 e. The molecule has 0 N–H and O–H groups in total. The molecule has 6 heteroatoms. The SMILES string of the molecule is ClC(Cl)c1nc(-c2ccccc2)n2nc(-c3ccccc3)cc2n1. The molecule has 0 saturated heterocycles. The Morgan fingerprint density at radius 1 is 0.792 bits per heavy atom. The lowest BCUT2D eigenvalue weighted by Gasteiger charge is -2.07. The van der Waals surface area contributed by atoms with Gasteiger partial charge in [-0.05, 0) is 0 Å². The molecule has 24 heavy (non-hydrogen) atoms. The Morgan fingerprint density at radius 2 is 1.42 bits per heavy atom. The van der Waals surface area contributed by atoms with E-state index in [1.165, 1.54) is 0 Å². The maximum atomic E-state index is 6.00. The molecule has 4 rings (SSSR count). The Balaban J connectivity index is 1.98. The highest BCUT2D eigenvalue weighted by molar-refractivity contribution is 6.43. The standard InChI is InChI=1S/C18H12Cl2N4/c19-16(20)17-21-15-11-14(12-7-3-1-4-8-12)23-24(15)18(22-17)13-9-5-2-6-10-13/h1-11,16H. The van der Waals surface area contributed by atoms with Gasteiger partial charge in [-0.2, -0.15) is 9.61 Å². The predicted molar refractivity (Wildman–Crippen MR) is 96.1 cm³/mol. The molecule has 0 bridgehead atoms. The van der Waals surface area contributed by atoms with E-state index in [1.54, 1.807) is 4.52 Å². The molecule has 0 radical (unpaired) electrons. The van der Waals surface area contributed by atoms with Gasteiger partial charge in [0.2, 0.25) is 0 Å². The van der Waals surface area contributed by atoms with Gasteiger partial charge in [-0.1, -0.05) is 83.9 Å². The highest BCUT2D eigenvalue weighted by Gasteiger charge is 2.16. The second kappa shape index (κ2) is 6.23. The van der Waals surface area contributed by atoms with E-state index in [2.05, 4.69) is 15.1 Å². The topological polar surface area (TPSA) is 43.1 Å². The van der Waals surface area contributed by atoms with E-state index >= 15 is 0 Å². The summed E-state index contributed by atoms with van der Waals surface area (Å²) >= 11 is 12.0. The summed E-state index contributed by atoms with van der Waals surface area (Å²) in [6, 6.07) is 21.6. The van der Waals surface area contributed by atoms with Gasteiger partial charge >= 0.3 is 0 Å². The molecule has 0 spiro atoms. The van der Waals surface area contributed by atoms with Gasteiger partial charge in [-0.3, -0.25) is 0 Å². The molecule has 0 atom stereocenters. The molecule has 0 aliphatic rings. The Hall–Kier alpha value is -2.43. The zero-order valence-corrected chi connectivity index (χ0v) is 14.0. The van der Waals surface area contributed by atoms with Crippen molar-refractivity contribution >= 4 is 28.8 Å². The van der Waals surface area contributed by atoms with Gasteiger partial charge in [-0.15, -0.1) is 0 Å². The van der Waals surface area contributed by atoms with Crippen LogP contribution in [0.4, 0.5) is 0 Å². The number of fused-ring (bicyclic) bond motifs is 1. The maximum Gasteiger partial charge on any atom is 0.167 e. The second-order valence-electron chi connectivity index (χ2n) is 5.24. The fourth-order valence-electron chi connectivity index (χ4n) is 2.53. The van der Waals surface area contributed by atoms with Crippen LogP contribution in [0.25, 0.3) is 28.3 Å². The molecule has 0 aliphatic heterocycles. The van der Waals surface area contributed by atoms with Crippen LogP contribution < -0.4 is 0 Å². The first kappa shape index (κ1) is 15.1. The zero-order chi connectivity index (χ0) is 16.5. The molecular formula is C18H12Cl2N4. The Labute approximate surface area is 148 Å². The molecular weight excluding hydrogens is 343 g/mol. The van der Waals surface area contributed by atoms with Crippen LogP contribution in [0.2, 0.25) is 0 Å². The van der Waals surface area contributed by atoms with Gasteiger partial charge in [0.1, 0.15) is 0 Å². The first-order valence-electron chi connectivity index (χ1n) is 7.39. The molecule has 4 nitrogen and oxygen atoms in total. The van der Waals surface area contributed by atoms with E-state index < -0.39 is 4.84 Å². The summed E-state index contributed by atoms with van der Waals surface area (Å²) < 4.78 is 1.72. The third kappa shape index (κ3) is 2.75. The predicted octanol–water partition coefficient (Wildman–Crippen LogP) is 4.93. The molecule has 118 valence electrons. The molecule has 0 aliphatic carbocycles.